The van der Waals surface area contributed by atoms with Crippen molar-refractivity contribution in [3.63, 3.8) is 0 Å². The lowest BCUT2D eigenvalue weighted by Crippen LogP contribution is -2.37. The number of aromatic amines is 1. The fourth-order valence-corrected chi connectivity index (χ4v) is 2.94. The van der Waals surface area contributed by atoms with Crippen LogP contribution in [0.4, 0.5) is 0 Å². The lowest BCUT2D eigenvalue weighted by Gasteiger charge is -2.15. The molecule has 132 valence electrons. The van der Waals surface area contributed by atoms with E-state index in [9.17, 15) is 14.4 Å². The molecule has 0 aliphatic carbocycles. The Balaban J connectivity index is 2.23. The van der Waals surface area contributed by atoms with E-state index >= 15 is 0 Å². The molecule has 6 nitrogen and oxygen atoms in total. The molecule has 0 spiro atoms. The van der Waals surface area contributed by atoms with Crippen molar-refractivity contribution >= 4 is 5.78 Å². The summed E-state index contributed by atoms with van der Waals surface area (Å²) in [6, 6.07) is 10.7. The molecule has 0 amide bonds. The van der Waals surface area contributed by atoms with Gasteiger partial charge in [-0.1, -0.05) is 30.7 Å². The molecule has 2 heterocycles. The number of benzene rings is 1. The monoisotopic (exact) mass is 349 g/mol. The molecule has 0 radical (unpaired) electrons. The number of hydrogen-bond acceptors (Lipinski definition) is 4. The van der Waals surface area contributed by atoms with Gasteiger partial charge in [-0.3, -0.25) is 24.1 Å². The first-order valence-electron chi connectivity index (χ1n) is 8.37. The molecule has 0 aliphatic heterocycles. The lowest BCUT2D eigenvalue weighted by atomic mass is 10.0. The average Bonchev–Trinajstić information content (AvgIpc) is 2.64. The van der Waals surface area contributed by atoms with E-state index in [0.29, 0.717) is 17.5 Å². The Morgan fingerprint density at radius 2 is 1.88 bits per heavy atom. The fraction of sp³-hybridized carbons (Fsp3) is 0.200. The molecule has 0 aliphatic rings. The van der Waals surface area contributed by atoms with Gasteiger partial charge >= 0.3 is 5.69 Å². The van der Waals surface area contributed by atoms with Gasteiger partial charge in [0.25, 0.3) is 5.56 Å². The van der Waals surface area contributed by atoms with E-state index in [0.717, 1.165) is 11.1 Å². The van der Waals surface area contributed by atoms with E-state index in [-0.39, 0.29) is 18.0 Å². The van der Waals surface area contributed by atoms with Crippen LogP contribution in [0.15, 0.2) is 58.4 Å². The van der Waals surface area contributed by atoms with Crippen molar-refractivity contribution in [3.05, 3.63) is 97.6 Å². The minimum Gasteiger partial charge on any atom is -0.287 e. The highest BCUT2D eigenvalue weighted by Gasteiger charge is 2.22. The van der Waals surface area contributed by atoms with Crippen molar-refractivity contribution in [2.75, 3.05) is 0 Å². The molecule has 1 aromatic carbocycles. The molecule has 3 aromatic rings. The highest BCUT2D eigenvalue weighted by molar-refractivity contribution is 6.08. The van der Waals surface area contributed by atoms with Gasteiger partial charge in [0.15, 0.2) is 0 Å². The van der Waals surface area contributed by atoms with Gasteiger partial charge in [-0.05, 0) is 37.1 Å². The molecule has 0 saturated heterocycles. The molecule has 0 unspecified atom stereocenters. The summed E-state index contributed by atoms with van der Waals surface area (Å²) >= 11 is 0. The minimum atomic E-state index is -0.597. The fourth-order valence-electron chi connectivity index (χ4n) is 2.94. The summed E-state index contributed by atoms with van der Waals surface area (Å²) < 4.78 is 1.33. The third-order valence-corrected chi connectivity index (χ3v) is 4.23. The number of pyridine rings is 1. The number of aromatic nitrogens is 3. The summed E-state index contributed by atoms with van der Waals surface area (Å²) in [4.78, 5) is 44.2. The molecular formula is C20H19N3O3. The number of nitrogens with one attached hydrogen (secondary N) is 1. The Morgan fingerprint density at radius 1 is 1.15 bits per heavy atom. The van der Waals surface area contributed by atoms with Crippen molar-refractivity contribution in [2.45, 2.75) is 26.8 Å². The molecule has 0 saturated carbocycles. The average molecular weight is 349 g/mol. The Morgan fingerprint density at radius 3 is 2.54 bits per heavy atom. The highest BCUT2D eigenvalue weighted by Crippen LogP contribution is 2.14. The van der Waals surface area contributed by atoms with Crippen molar-refractivity contribution in [1.29, 1.82) is 0 Å². The van der Waals surface area contributed by atoms with Gasteiger partial charge in [-0.2, -0.15) is 0 Å². The van der Waals surface area contributed by atoms with Gasteiger partial charge in [0.05, 0.1) is 6.54 Å². The Labute approximate surface area is 150 Å². The normalized spacial score (nSPS) is 10.7. The molecule has 3 rings (SSSR count). The first-order chi connectivity index (χ1) is 12.5. The van der Waals surface area contributed by atoms with Crippen LogP contribution < -0.4 is 11.2 Å². The van der Waals surface area contributed by atoms with Crippen LogP contribution in [0.1, 0.15) is 39.7 Å². The van der Waals surface area contributed by atoms with Crippen LogP contribution >= 0.6 is 0 Å². The number of ketones is 1. The molecule has 2 aromatic heterocycles. The quantitative estimate of drug-likeness (QED) is 0.715. The molecule has 0 fully saturated rings. The van der Waals surface area contributed by atoms with Crippen molar-refractivity contribution in [3.8, 4) is 0 Å². The molecule has 0 atom stereocenters. The van der Waals surface area contributed by atoms with Crippen LogP contribution in [0.3, 0.4) is 0 Å². The maximum atomic E-state index is 13.2. The van der Waals surface area contributed by atoms with Crippen LogP contribution in [0, 0.1) is 6.92 Å². The van der Waals surface area contributed by atoms with Crippen molar-refractivity contribution < 1.29 is 4.79 Å². The summed E-state index contributed by atoms with van der Waals surface area (Å²) in [6.07, 6.45) is 3.59. The number of carbonyl (C=O) groups excluding carboxylic acids is 1. The smallest absolute Gasteiger partial charge is 0.287 e. The van der Waals surface area contributed by atoms with E-state index in [4.69, 9.17) is 0 Å². The van der Waals surface area contributed by atoms with Crippen molar-refractivity contribution in [2.24, 2.45) is 0 Å². The third kappa shape index (κ3) is 3.39. The molecule has 26 heavy (non-hydrogen) atoms. The van der Waals surface area contributed by atoms with E-state index in [1.54, 1.807) is 49.6 Å². The lowest BCUT2D eigenvalue weighted by molar-refractivity contribution is 0.102. The first-order valence-corrected chi connectivity index (χ1v) is 8.37. The number of carbonyl (C=O) groups is 1. The van der Waals surface area contributed by atoms with Crippen LogP contribution in [0.5, 0.6) is 0 Å². The summed E-state index contributed by atoms with van der Waals surface area (Å²) in [7, 11) is 0. The van der Waals surface area contributed by atoms with E-state index in [1.807, 2.05) is 13.0 Å². The van der Waals surface area contributed by atoms with Gasteiger partial charge in [-0.25, -0.2) is 4.79 Å². The number of rotatable bonds is 5. The van der Waals surface area contributed by atoms with Crippen molar-refractivity contribution in [1.82, 2.24) is 14.5 Å². The molecular weight excluding hydrogens is 330 g/mol. The second-order valence-corrected chi connectivity index (χ2v) is 6.08. The SMILES string of the molecule is CCc1c(C(=O)c2cccc(C)c2)n(Cc2ccncc2)c(=O)[nH]c1=O. The number of H-pyrrole nitrogens is 1. The Kier molecular flexibility index (Phi) is 4.93. The highest BCUT2D eigenvalue weighted by atomic mass is 16.2. The van der Waals surface area contributed by atoms with Gasteiger partial charge in [-0.15, -0.1) is 0 Å². The third-order valence-electron chi connectivity index (χ3n) is 4.23. The molecule has 0 bridgehead atoms. The van der Waals surface area contributed by atoms with Crippen LogP contribution in [-0.2, 0) is 13.0 Å². The van der Waals surface area contributed by atoms with E-state index < -0.39 is 11.2 Å². The van der Waals surface area contributed by atoms with Gasteiger partial charge in [0.2, 0.25) is 5.78 Å². The number of nitrogens with zero attached hydrogens (tertiary/aromatic N) is 2. The topological polar surface area (TPSA) is 84.8 Å². The largest absolute Gasteiger partial charge is 0.329 e. The summed E-state index contributed by atoms with van der Waals surface area (Å²) in [6.45, 7) is 3.86. The summed E-state index contributed by atoms with van der Waals surface area (Å²) in [5.41, 5.74) is 1.54. The first kappa shape index (κ1) is 17.5. The number of aryl methyl sites for hydroxylation is 1. The summed E-state index contributed by atoms with van der Waals surface area (Å²) in [5, 5.41) is 0. The zero-order chi connectivity index (χ0) is 18.7. The predicted molar refractivity (Wildman–Crippen MR) is 98.7 cm³/mol. The van der Waals surface area contributed by atoms with E-state index in [1.165, 1.54) is 4.57 Å². The standard InChI is InChI=1S/C20H19N3O3/c1-3-16-17(18(24)15-6-4-5-13(2)11-15)23(20(26)22-19(16)25)12-14-7-9-21-10-8-14/h4-11H,3,12H2,1-2H3,(H,22,25,26). The second-order valence-electron chi connectivity index (χ2n) is 6.08. The van der Waals surface area contributed by atoms with Gasteiger partial charge in [0.1, 0.15) is 5.69 Å². The molecule has 6 heteroatoms. The summed E-state index contributed by atoms with van der Waals surface area (Å²) in [5.74, 6) is -0.331. The molecule has 1 N–H and O–H groups in total. The Hall–Kier alpha value is -3.28. The maximum absolute atomic E-state index is 13.2. The van der Waals surface area contributed by atoms with Gasteiger partial charge in [0, 0.05) is 23.5 Å². The maximum Gasteiger partial charge on any atom is 0.329 e. The van der Waals surface area contributed by atoms with Gasteiger partial charge < -0.3 is 0 Å². The Bertz CT molecular complexity index is 1070. The van der Waals surface area contributed by atoms with E-state index in [2.05, 4.69) is 9.97 Å². The zero-order valence-corrected chi connectivity index (χ0v) is 14.7. The van der Waals surface area contributed by atoms with Crippen LogP contribution in [0.2, 0.25) is 0 Å². The predicted octanol–water partition coefficient (Wildman–Crippen LogP) is 2.08. The minimum absolute atomic E-state index is 0.142. The zero-order valence-electron chi connectivity index (χ0n) is 14.7. The van der Waals surface area contributed by atoms with Crippen LogP contribution in [0.25, 0.3) is 0 Å². The second kappa shape index (κ2) is 7.31. The van der Waals surface area contributed by atoms with Crippen LogP contribution in [-0.4, -0.2) is 20.3 Å². The number of hydrogen-bond donors (Lipinski definition) is 1.